The van der Waals surface area contributed by atoms with Crippen LogP contribution < -0.4 is 5.32 Å². The highest BCUT2D eigenvalue weighted by molar-refractivity contribution is 7.13. The van der Waals surface area contributed by atoms with Crippen LogP contribution in [-0.4, -0.2) is 15.0 Å². The van der Waals surface area contributed by atoms with Crippen LogP contribution in [0.2, 0.25) is 0 Å². The largest absolute Gasteiger partial charge is 0.316 e. The van der Waals surface area contributed by atoms with Crippen LogP contribution in [0.15, 0.2) is 23.8 Å². The van der Waals surface area contributed by atoms with Crippen LogP contribution in [0.1, 0.15) is 0 Å². The van der Waals surface area contributed by atoms with Gasteiger partial charge in [0.1, 0.15) is 5.82 Å². The zero-order valence-electron chi connectivity index (χ0n) is 6.06. The predicted octanol–water partition coefficient (Wildman–Crippen LogP) is 1.48. The van der Waals surface area contributed by atoms with Gasteiger partial charge in [-0.3, -0.25) is 0 Å². The second-order valence-electron chi connectivity index (χ2n) is 2.00. The topological polar surface area (TPSA) is 50.7 Å². The number of thiazole rings is 1. The molecule has 0 aromatic carbocycles. The summed E-state index contributed by atoms with van der Waals surface area (Å²) < 4.78 is 0. The van der Waals surface area contributed by atoms with E-state index in [2.05, 4.69) is 26.6 Å². The molecule has 0 atom stereocenters. The number of hydrogen-bond acceptors (Lipinski definition) is 5. The summed E-state index contributed by atoms with van der Waals surface area (Å²) in [5.41, 5.74) is 0. The van der Waals surface area contributed by atoms with Gasteiger partial charge in [0.15, 0.2) is 11.5 Å². The minimum atomic E-state index is 0.708. The molecule has 0 bridgehead atoms. The van der Waals surface area contributed by atoms with Crippen molar-refractivity contribution in [3.63, 3.8) is 0 Å². The molecule has 5 heteroatoms. The Morgan fingerprint density at radius 1 is 1.42 bits per heavy atom. The van der Waals surface area contributed by atoms with Crippen LogP contribution in [0, 0.1) is 6.33 Å². The molecule has 59 valence electrons. The van der Waals surface area contributed by atoms with Crippen molar-refractivity contribution >= 4 is 22.3 Å². The van der Waals surface area contributed by atoms with Crippen molar-refractivity contribution in [3.8, 4) is 0 Å². The van der Waals surface area contributed by atoms with Crippen molar-refractivity contribution in [3.05, 3.63) is 30.2 Å². The molecule has 0 unspecified atom stereocenters. The van der Waals surface area contributed by atoms with Gasteiger partial charge in [-0.15, -0.1) is 11.3 Å². The van der Waals surface area contributed by atoms with Crippen LogP contribution in [0.25, 0.3) is 0 Å². The van der Waals surface area contributed by atoms with Crippen molar-refractivity contribution in [2.24, 2.45) is 0 Å². The second kappa shape index (κ2) is 3.27. The van der Waals surface area contributed by atoms with E-state index in [-0.39, 0.29) is 0 Å². The van der Waals surface area contributed by atoms with Gasteiger partial charge in [0.2, 0.25) is 0 Å². The van der Waals surface area contributed by atoms with Gasteiger partial charge in [-0.1, -0.05) is 0 Å². The summed E-state index contributed by atoms with van der Waals surface area (Å²) in [5.74, 6) is 0.708. The van der Waals surface area contributed by atoms with Gasteiger partial charge in [0.25, 0.3) is 0 Å². The minimum absolute atomic E-state index is 0.708. The van der Waals surface area contributed by atoms with E-state index < -0.39 is 0 Å². The van der Waals surface area contributed by atoms with Crippen molar-refractivity contribution < 1.29 is 0 Å². The van der Waals surface area contributed by atoms with E-state index in [0.717, 1.165) is 5.13 Å². The first kappa shape index (κ1) is 7.17. The summed E-state index contributed by atoms with van der Waals surface area (Å²) in [6.45, 7) is 0. The summed E-state index contributed by atoms with van der Waals surface area (Å²) >= 11 is 1.52. The van der Waals surface area contributed by atoms with E-state index >= 15 is 0 Å². The lowest BCUT2D eigenvalue weighted by Gasteiger charge is -1.97. The molecule has 0 amide bonds. The van der Waals surface area contributed by atoms with Gasteiger partial charge in [-0.2, -0.15) is 0 Å². The van der Waals surface area contributed by atoms with Gasteiger partial charge in [-0.25, -0.2) is 15.0 Å². The standard InChI is InChI=1S/C7H5N4S/c1-2-8-5-10-6(1)11-7-9-3-4-12-7/h1-4H,(H,8,9,10,11). The van der Waals surface area contributed by atoms with Gasteiger partial charge < -0.3 is 5.32 Å². The average Bonchev–Trinajstić information content (AvgIpc) is 2.59. The highest BCUT2D eigenvalue weighted by Crippen LogP contribution is 2.14. The number of nitrogens with zero attached hydrogens (tertiary/aromatic N) is 3. The summed E-state index contributed by atoms with van der Waals surface area (Å²) in [7, 11) is 0. The maximum Gasteiger partial charge on any atom is 0.199 e. The maximum atomic E-state index is 4.04. The molecule has 1 N–H and O–H groups in total. The summed E-state index contributed by atoms with van der Waals surface area (Å²) in [4.78, 5) is 11.6. The lowest BCUT2D eigenvalue weighted by atomic mass is 10.6. The molecule has 0 saturated heterocycles. The Balaban J connectivity index is 2.15. The minimum Gasteiger partial charge on any atom is -0.316 e. The Morgan fingerprint density at radius 2 is 2.42 bits per heavy atom. The van der Waals surface area contributed by atoms with Crippen LogP contribution >= 0.6 is 11.3 Å². The second-order valence-corrected chi connectivity index (χ2v) is 2.90. The molecule has 2 aromatic rings. The number of rotatable bonds is 2. The lowest BCUT2D eigenvalue weighted by molar-refractivity contribution is 1.15. The predicted molar refractivity (Wildman–Crippen MR) is 46.3 cm³/mol. The Bertz CT molecular complexity index is 332. The lowest BCUT2D eigenvalue weighted by Crippen LogP contribution is -1.92. The third-order valence-corrected chi connectivity index (χ3v) is 1.89. The zero-order chi connectivity index (χ0) is 8.23. The van der Waals surface area contributed by atoms with Crippen molar-refractivity contribution in [2.45, 2.75) is 0 Å². The summed E-state index contributed by atoms with van der Waals surface area (Å²) in [6.07, 6.45) is 5.85. The monoisotopic (exact) mass is 177 g/mol. The van der Waals surface area contributed by atoms with E-state index in [0.29, 0.717) is 5.82 Å². The highest BCUT2D eigenvalue weighted by Gasteiger charge is 1.95. The normalized spacial score (nSPS) is 9.67. The molecule has 1 radical (unpaired) electrons. The van der Waals surface area contributed by atoms with E-state index in [1.54, 1.807) is 18.5 Å². The van der Waals surface area contributed by atoms with Crippen LogP contribution in [-0.2, 0) is 0 Å². The fourth-order valence-corrected chi connectivity index (χ4v) is 1.26. The van der Waals surface area contributed by atoms with Crippen molar-refractivity contribution in [1.82, 2.24) is 15.0 Å². The zero-order valence-corrected chi connectivity index (χ0v) is 6.88. The SMILES string of the molecule is [c]1nccc(Nc2nccs2)n1. The van der Waals surface area contributed by atoms with Gasteiger partial charge in [0, 0.05) is 17.8 Å². The molecule has 12 heavy (non-hydrogen) atoms. The molecule has 0 aliphatic carbocycles. The van der Waals surface area contributed by atoms with Crippen molar-refractivity contribution in [1.29, 1.82) is 0 Å². The molecule has 0 saturated carbocycles. The van der Waals surface area contributed by atoms with Crippen LogP contribution in [0.3, 0.4) is 0 Å². The number of aromatic nitrogens is 3. The first-order chi connectivity index (χ1) is 5.95. The summed E-state index contributed by atoms with van der Waals surface area (Å²) in [5, 5.41) is 5.73. The smallest absolute Gasteiger partial charge is 0.199 e. The first-order valence-corrected chi connectivity index (χ1v) is 4.19. The van der Waals surface area contributed by atoms with E-state index in [1.807, 2.05) is 5.38 Å². The molecule has 2 heterocycles. The molecule has 0 fully saturated rings. The molecule has 0 spiro atoms. The molecule has 0 aliphatic rings. The Labute approximate surface area is 73.3 Å². The van der Waals surface area contributed by atoms with Gasteiger partial charge in [-0.05, 0) is 6.07 Å². The number of nitrogens with one attached hydrogen (secondary N) is 1. The van der Waals surface area contributed by atoms with Crippen LogP contribution in [0.5, 0.6) is 0 Å². The third-order valence-electron chi connectivity index (χ3n) is 1.20. The quantitative estimate of drug-likeness (QED) is 0.754. The fraction of sp³-hybridized carbons (Fsp3) is 0. The Hall–Kier alpha value is -1.49. The highest BCUT2D eigenvalue weighted by atomic mass is 32.1. The Kier molecular flexibility index (Phi) is 1.96. The summed E-state index contributed by atoms with van der Waals surface area (Å²) in [6, 6.07) is 1.76. The van der Waals surface area contributed by atoms with E-state index in [9.17, 15) is 0 Å². The van der Waals surface area contributed by atoms with Crippen molar-refractivity contribution in [2.75, 3.05) is 5.32 Å². The van der Waals surface area contributed by atoms with Gasteiger partial charge >= 0.3 is 0 Å². The Morgan fingerprint density at radius 3 is 3.08 bits per heavy atom. The van der Waals surface area contributed by atoms with Gasteiger partial charge in [0.05, 0.1) is 0 Å². The number of hydrogen-bond donors (Lipinski definition) is 1. The first-order valence-electron chi connectivity index (χ1n) is 3.31. The number of anilines is 2. The molecular weight excluding hydrogens is 172 g/mol. The van der Waals surface area contributed by atoms with E-state index in [1.165, 1.54) is 11.3 Å². The molecule has 4 nitrogen and oxygen atoms in total. The molecule has 2 rings (SSSR count). The molecule has 2 aromatic heterocycles. The van der Waals surface area contributed by atoms with E-state index in [4.69, 9.17) is 0 Å². The third kappa shape index (κ3) is 1.57. The molecule has 0 aliphatic heterocycles. The van der Waals surface area contributed by atoms with Crippen LogP contribution in [0.4, 0.5) is 10.9 Å². The molecular formula is C7H5N4S. The fourth-order valence-electron chi connectivity index (χ4n) is 0.726. The maximum absolute atomic E-state index is 4.04. The average molecular weight is 177 g/mol.